The van der Waals surface area contributed by atoms with E-state index in [9.17, 15) is 0 Å². The molecule has 0 amide bonds. The average molecular weight is 281 g/mol. The minimum atomic E-state index is 0.562. The number of benzene rings is 2. The van der Waals surface area contributed by atoms with Crippen LogP contribution in [0.15, 0.2) is 48.5 Å². The van der Waals surface area contributed by atoms with Crippen molar-refractivity contribution in [2.75, 3.05) is 13.7 Å². The third-order valence-corrected chi connectivity index (χ3v) is 4.34. The van der Waals surface area contributed by atoms with Crippen LogP contribution in [0.3, 0.4) is 0 Å². The van der Waals surface area contributed by atoms with E-state index in [0.717, 1.165) is 12.3 Å². The molecule has 0 saturated carbocycles. The van der Waals surface area contributed by atoms with Gasteiger partial charge in [0.15, 0.2) is 0 Å². The van der Waals surface area contributed by atoms with E-state index in [2.05, 4.69) is 48.2 Å². The average Bonchev–Trinajstić information content (AvgIpc) is 2.96. The van der Waals surface area contributed by atoms with Crippen molar-refractivity contribution in [3.8, 4) is 5.75 Å². The summed E-state index contributed by atoms with van der Waals surface area (Å²) in [6, 6.07) is 17.9. The van der Waals surface area contributed by atoms with Crippen molar-refractivity contribution < 1.29 is 4.74 Å². The zero-order chi connectivity index (χ0) is 14.7. The van der Waals surface area contributed by atoms with Gasteiger partial charge in [0, 0.05) is 12.6 Å². The number of hydrogen-bond donors (Lipinski definition) is 0. The molecule has 1 aliphatic heterocycles. The summed E-state index contributed by atoms with van der Waals surface area (Å²) < 4.78 is 5.23. The van der Waals surface area contributed by atoms with Crippen LogP contribution in [-0.2, 0) is 6.54 Å². The number of nitrogens with zero attached hydrogens (tertiary/aromatic N) is 1. The van der Waals surface area contributed by atoms with E-state index in [1.807, 2.05) is 12.1 Å². The second kappa shape index (κ2) is 6.31. The summed E-state index contributed by atoms with van der Waals surface area (Å²) in [6.07, 6.45) is 2.55. The third-order valence-electron chi connectivity index (χ3n) is 4.34. The van der Waals surface area contributed by atoms with E-state index in [-0.39, 0.29) is 0 Å². The van der Waals surface area contributed by atoms with Crippen LogP contribution in [0.25, 0.3) is 0 Å². The van der Waals surface area contributed by atoms with Crippen molar-refractivity contribution in [3.63, 3.8) is 0 Å². The van der Waals surface area contributed by atoms with Gasteiger partial charge >= 0.3 is 0 Å². The lowest BCUT2D eigenvalue weighted by molar-refractivity contribution is 0.248. The molecular weight excluding hydrogens is 258 g/mol. The maximum Gasteiger partial charge on any atom is 0.118 e. The van der Waals surface area contributed by atoms with Crippen LogP contribution >= 0.6 is 0 Å². The Kier molecular flexibility index (Phi) is 4.26. The highest BCUT2D eigenvalue weighted by molar-refractivity contribution is 5.29. The predicted octanol–water partition coefficient (Wildman–Crippen LogP) is 4.34. The maximum atomic E-state index is 5.23. The second-order valence-electron chi connectivity index (χ2n) is 5.89. The first-order valence-electron chi connectivity index (χ1n) is 7.70. The number of methoxy groups -OCH3 is 1. The summed E-state index contributed by atoms with van der Waals surface area (Å²) in [5.41, 5.74) is 4.17. The van der Waals surface area contributed by atoms with Gasteiger partial charge in [-0.05, 0) is 49.6 Å². The Morgan fingerprint density at radius 3 is 2.67 bits per heavy atom. The molecule has 0 N–H and O–H groups in total. The molecule has 3 rings (SSSR count). The van der Waals surface area contributed by atoms with Crippen LogP contribution in [-0.4, -0.2) is 18.6 Å². The van der Waals surface area contributed by atoms with Gasteiger partial charge in [-0.3, -0.25) is 4.90 Å². The first kappa shape index (κ1) is 14.2. The summed E-state index contributed by atoms with van der Waals surface area (Å²) in [5.74, 6) is 0.926. The quantitative estimate of drug-likeness (QED) is 0.826. The largest absolute Gasteiger partial charge is 0.497 e. The molecule has 2 aromatic carbocycles. The molecule has 1 saturated heterocycles. The first-order valence-corrected chi connectivity index (χ1v) is 7.70. The van der Waals surface area contributed by atoms with Crippen LogP contribution in [0.2, 0.25) is 0 Å². The number of hydrogen-bond acceptors (Lipinski definition) is 2. The van der Waals surface area contributed by atoms with E-state index < -0.39 is 0 Å². The Morgan fingerprint density at radius 1 is 1.14 bits per heavy atom. The van der Waals surface area contributed by atoms with Crippen molar-refractivity contribution >= 4 is 0 Å². The number of aryl methyl sites for hydroxylation is 1. The molecule has 21 heavy (non-hydrogen) atoms. The zero-order valence-electron chi connectivity index (χ0n) is 12.9. The van der Waals surface area contributed by atoms with Gasteiger partial charge in [0.1, 0.15) is 5.75 Å². The standard InChI is InChI=1S/C19H23NO/c1-15-5-3-6-17(13-15)19-7-4-12-20(19)14-16-8-10-18(21-2)11-9-16/h3,5-6,8-11,13,19H,4,7,12,14H2,1-2H3. The summed E-state index contributed by atoms with van der Waals surface area (Å²) >= 11 is 0. The number of rotatable bonds is 4. The lowest BCUT2D eigenvalue weighted by Crippen LogP contribution is -2.22. The van der Waals surface area contributed by atoms with Gasteiger partial charge in [-0.25, -0.2) is 0 Å². The van der Waals surface area contributed by atoms with Crippen molar-refractivity contribution in [3.05, 3.63) is 65.2 Å². The Labute approximate surface area is 127 Å². The van der Waals surface area contributed by atoms with E-state index in [4.69, 9.17) is 4.74 Å². The third kappa shape index (κ3) is 3.27. The van der Waals surface area contributed by atoms with Crippen LogP contribution in [0.1, 0.15) is 35.6 Å². The minimum absolute atomic E-state index is 0.562. The lowest BCUT2D eigenvalue weighted by Gasteiger charge is -2.25. The van der Waals surface area contributed by atoms with Gasteiger partial charge < -0.3 is 4.74 Å². The lowest BCUT2D eigenvalue weighted by atomic mass is 10.0. The molecule has 1 aliphatic rings. The Balaban J connectivity index is 1.74. The minimum Gasteiger partial charge on any atom is -0.497 e. The summed E-state index contributed by atoms with van der Waals surface area (Å²) in [6.45, 7) is 4.37. The van der Waals surface area contributed by atoms with Crippen molar-refractivity contribution in [2.45, 2.75) is 32.4 Å². The molecule has 1 atom stereocenters. The van der Waals surface area contributed by atoms with Crippen LogP contribution in [0, 0.1) is 6.92 Å². The van der Waals surface area contributed by atoms with Crippen LogP contribution in [0.5, 0.6) is 5.75 Å². The van der Waals surface area contributed by atoms with Crippen LogP contribution in [0.4, 0.5) is 0 Å². The highest BCUT2D eigenvalue weighted by Crippen LogP contribution is 2.33. The summed E-state index contributed by atoms with van der Waals surface area (Å²) in [4.78, 5) is 2.59. The molecule has 1 unspecified atom stereocenters. The van der Waals surface area contributed by atoms with E-state index >= 15 is 0 Å². The van der Waals surface area contributed by atoms with E-state index in [0.29, 0.717) is 6.04 Å². The molecule has 2 aromatic rings. The van der Waals surface area contributed by atoms with Crippen molar-refractivity contribution in [2.24, 2.45) is 0 Å². The maximum absolute atomic E-state index is 5.23. The van der Waals surface area contributed by atoms with Gasteiger partial charge in [0.05, 0.1) is 7.11 Å². The summed E-state index contributed by atoms with van der Waals surface area (Å²) in [7, 11) is 1.71. The van der Waals surface area contributed by atoms with Gasteiger partial charge in [0.2, 0.25) is 0 Å². The molecular formula is C19H23NO. The SMILES string of the molecule is COc1ccc(CN2CCCC2c2cccc(C)c2)cc1. The van der Waals surface area contributed by atoms with Gasteiger partial charge in [-0.2, -0.15) is 0 Å². The molecule has 0 aliphatic carbocycles. The fourth-order valence-electron chi connectivity index (χ4n) is 3.24. The van der Waals surface area contributed by atoms with E-state index in [1.54, 1.807) is 7.11 Å². The fourth-order valence-corrected chi connectivity index (χ4v) is 3.24. The molecule has 0 bridgehead atoms. The van der Waals surface area contributed by atoms with Crippen molar-refractivity contribution in [1.29, 1.82) is 0 Å². The smallest absolute Gasteiger partial charge is 0.118 e. The first-order chi connectivity index (χ1) is 10.3. The molecule has 2 nitrogen and oxygen atoms in total. The van der Waals surface area contributed by atoms with E-state index in [1.165, 1.54) is 36.1 Å². The molecule has 0 radical (unpaired) electrons. The molecule has 2 heteroatoms. The van der Waals surface area contributed by atoms with Crippen molar-refractivity contribution in [1.82, 2.24) is 4.90 Å². The fraction of sp³-hybridized carbons (Fsp3) is 0.368. The highest BCUT2D eigenvalue weighted by Gasteiger charge is 2.25. The Hall–Kier alpha value is -1.80. The molecule has 0 aromatic heterocycles. The van der Waals surface area contributed by atoms with Gasteiger partial charge in [-0.1, -0.05) is 42.0 Å². The highest BCUT2D eigenvalue weighted by atomic mass is 16.5. The Morgan fingerprint density at radius 2 is 1.95 bits per heavy atom. The molecule has 0 spiro atoms. The second-order valence-corrected chi connectivity index (χ2v) is 5.89. The normalized spacial score (nSPS) is 18.9. The number of ether oxygens (including phenoxy) is 1. The molecule has 110 valence electrons. The van der Waals surface area contributed by atoms with Gasteiger partial charge in [-0.15, -0.1) is 0 Å². The van der Waals surface area contributed by atoms with Crippen LogP contribution < -0.4 is 4.74 Å². The zero-order valence-corrected chi connectivity index (χ0v) is 12.9. The van der Waals surface area contributed by atoms with Gasteiger partial charge in [0.25, 0.3) is 0 Å². The molecule has 1 fully saturated rings. The summed E-state index contributed by atoms with van der Waals surface area (Å²) in [5, 5.41) is 0. The predicted molar refractivity (Wildman–Crippen MR) is 86.6 cm³/mol. The number of likely N-dealkylation sites (tertiary alicyclic amines) is 1. The Bertz CT molecular complexity index is 591. The monoisotopic (exact) mass is 281 g/mol. The topological polar surface area (TPSA) is 12.5 Å². The molecule has 1 heterocycles.